The smallest absolute Gasteiger partial charge is 0.131 e. The molecule has 5 rings (SSSR count). The van der Waals surface area contributed by atoms with Crippen LogP contribution in [0.2, 0.25) is 0 Å². The predicted molar refractivity (Wildman–Crippen MR) is 114 cm³/mol. The van der Waals surface area contributed by atoms with Crippen LogP contribution in [0.25, 0.3) is 0 Å². The van der Waals surface area contributed by atoms with E-state index in [-0.39, 0.29) is 18.1 Å². The van der Waals surface area contributed by atoms with Crippen molar-refractivity contribution in [2.24, 2.45) is 18.7 Å². The molecule has 2 aromatic heterocycles. The fourth-order valence-corrected chi connectivity index (χ4v) is 5.21. The molecule has 0 bridgehead atoms. The maximum absolute atomic E-state index is 14.1. The zero-order valence-electron chi connectivity index (χ0n) is 17.6. The van der Waals surface area contributed by atoms with Crippen molar-refractivity contribution in [3.05, 3.63) is 41.3 Å². The molecule has 0 aromatic carbocycles. The van der Waals surface area contributed by atoms with Crippen LogP contribution in [0, 0.1) is 12.8 Å². The molecule has 3 aliphatic rings. The number of hydrogen-bond acceptors (Lipinski definition) is 7. The highest BCUT2D eigenvalue weighted by molar-refractivity contribution is 5.48. The van der Waals surface area contributed by atoms with Crippen molar-refractivity contribution < 1.29 is 4.39 Å². The number of halogens is 1. The van der Waals surface area contributed by atoms with Crippen molar-refractivity contribution in [3.8, 4) is 0 Å². The third-order valence-electron chi connectivity index (χ3n) is 6.73. The largest absolute Gasteiger partial charge is 0.352 e. The van der Waals surface area contributed by atoms with Crippen LogP contribution in [0.3, 0.4) is 0 Å². The number of anilines is 1. The van der Waals surface area contributed by atoms with Crippen LogP contribution in [-0.4, -0.2) is 52.7 Å². The van der Waals surface area contributed by atoms with Crippen LogP contribution in [0.4, 0.5) is 10.2 Å². The highest BCUT2D eigenvalue weighted by Crippen LogP contribution is 2.38. The van der Waals surface area contributed by atoms with Crippen LogP contribution >= 0.6 is 0 Å². The standard InChI is InChI=1S/C21H31FN8/c1-12-3-4-17(26-21(12)30-10-14(22)5-15(23)11-30)20-16-6-18(13-7-25-29(2)9-13)24-8-19(16)27-28-20/h3-4,7,9,14-16,18-20,24,27-28H,5-6,8,10-11,23H2,1-2H3/t14-,15+,16?,18?,19?,20?/m1/s1. The minimum Gasteiger partial charge on any atom is -0.352 e. The molecule has 2 aromatic rings. The van der Waals surface area contributed by atoms with E-state index in [1.165, 1.54) is 5.56 Å². The number of rotatable bonds is 3. The van der Waals surface area contributed by atoms with Gasteiger partial charge in [-0.2, -0.15) is 5.10 Å². The van der Waals surface area contributed by atoms with Gasteiger partial charge in [-0.3, -0.25) is 10.1 Å². The second-order valence-electron chi connectivity index (χ2n) is 9.06. The van der Waals surface area contributed by atoms with Crippen LogP contribution in [-0.2, 0) is 7.05 Å². The Morgan fingerprint density at radius 1 is 1.20 bits per heavy atom. The van der Waals surface area contributed by atoms with Gasteiger partial charge in [-0.25, -0.2) is 14.8 Å². The van der Waals surface area contributed by atoms with Crippen LogP contribution < -0.4 is 26.8 Å². The summed E-state index contributed by atoms with van der Waals surface area (Å²) in [6, 6.07) is 4.77. The molecule has 5 heterocycles. The minimum absolute atomic E-state index is 0.107. The number of pyridine rings is 1. The van der Waals surface area contributed by atoms with Gasteiger partial charge in [-0.05, 0) is 31.4 Å². The summed E-state index contributed by atoms with van der Waals surface area (Å²) in [5.74, 6) is 1.25. The van der Waals surface area contributed by atoms with Crippen molar-refractivity contribution in [2.45, 2.75) is 50.1 Å². The molecule has 8 nitrogen and oxygen atoms in total. The molecule has 9 heteroatoms. The zero-order chi connectivity index (χ0) is 20.8. The van der Waals surface area contributed by atoms with Gasteiger partial charge in [0.2, 0.25) is 0 Å². The second kappa shape index (κ2) is 7.88. The third-order valence-corrected chi connectivity index (χ3v) is 6.73. The van der Waals surface area contributed by atoms with E-state index in [4.69, 9.17) is 10.7 Å². The van der Waals surface area contributed by atoms with Crippen LogP contribution in [0.1, 0.15) is 41.7 Å². The summed E-state index contributed by atoms with van der Waals surface area (Å²) in [6.45, 7) is 3.93. The maximum atomic E-state index is 14.1. The molecule has 3 fully saturated rings. The van der Waals surface area contributed by atoms with Gasteiger partial charge >= 0.3 is 0 Å². The number of nitrogens with zero attached hydrogens (tertiary/aromatic N) is 4. The molecular weight excluding hydrogens is 383 g/mol. The van der Waals surface area contributed by atoms with Crippen LogP contribution in [0.15, 0.2) is 24.5 Å². The Balaban J connectivity index is 1.38. The van der Waals surface area contributed by atoms with Crippen molar-refractivity contribution in [1.29, 1.82) is 0 Å². The molecular formula is C21H31FN8. The van der Waals surface area contributed by atoms with Gasteiger partial charge in [0, 0.05) is 55.9 Å². The van der Waals surface area contributed by atoms with Crippen LogP contribution in [0.5, 0.6) is 0 Å². The topological polar surface area (TPSA) is 96.1 Å². The molecule has 4 unspecified atom stereocenters. The summed E-state index contributed by atoms with van der Waals surface area (Å²) >= 11 is 0. The van der Waals surface area contributed by atoms with Gasteiger partial charge in [0.1, 0.15) is 12.0 Å². The normalized spacial score (nSPS) is 34.2. The molecule has 6 atom stereocenters. The quantitative estimate of drug-likeness (QED) is 0.592. The SMILES string of the molecule is Cc1ccc(C2NNC3CNC(c4cnn(C)c4)CC32)nc1N1C[C@@H](N)C[C@@H](F)C1. The lowest BCUT2D eigenvalue weighted by molar-refractivity contribution is 0.263. The zero-order valence-corrected chi connectivity index (χ0v) is 17.6. The van der Waals surface area contributed by atoms with Crippen molar-refractivity contribution >= 4 is 5.82 Å². The lowest BCUT2D eigenvalue weighted by Gasteiger charge is -2.36. The number of alkyl halides is 1. The Bertz CT molecular complexity index is 891. The Morgan fingerprint density at radius 3 is 2.83 bits per heavy atom. The molecule has 0 radical (unpaired) electrons. The molecule has 5 N–H and O–H groups in total. The first-order chi connectivity index (χ1) is 14.5. The minimum atomic E-state index is -0.904. The van der Waals surface area contributed by atoms with E-state index in [0.29, 0.717) is 31.5 Å². The summed E-state index contributed by atoms with van der Waals surface area (Å²) in [5.41, 5.74) is 16.3. The molecule has 0 amide bonds. The van der Waals surface area contributed by atoms with Gasteiger partial charge in [0.05, 0.1) is 24.5 Å². The maximum Gasteiger partial charge on any atom is 0.131 e. The Morgan fingerprint density at radius 2 is 2.07 bits per heavy atom. The summed E-state index contributed by atoms with van der Waals surface area (Å²) in [4.78, 5) is 7.02. The van der Waals surface area contributed by atoms with Gasteiger partial charge in [-0.15, -0.1) is 0 Å². The molecule has 3 saturated heterocycles. The number of piperidine rings is 2. The van der Waals surface area contributed by atoms with E-state index in [1.807, 2.05) is 29.7 Å². The molecule has 0 spiro atoms. The van der Waals surface area contributed by atoms with Gasteiger partial charge in [0.25, 0.3) is 0 Å². The highest BCUT2D eigenvalue weighted by atomic mass is 19.1. The monoisotopic (exact) mass is 414 g/mol. The summed E-state index contributed by atoms with van der Waals surface area (Å²) < 4.78 is 16.0. The fraction of sp³-hybridized carbons (Fsp3) is 0.619. The molecule has 0 saturated carbocycles. The van der Waals surface area contributed by atoms with Crippen molar-refractivity contribution in [2.75, 3.05) is 24.5 Å². The Kier molecular flexibility index (Phi) is 5.22. The van der Waals surface area contributed by atoms with E-state index in [2.05, 4.69) is 39.6 Å². The number of hydrogen-bond donors (Lipinski definition) is 4. The Labute approximate surface area is 176 Å². The van der Waals surface area contributed by atoms with Gasteiger partial charge in [-0.1, -0.05) is 6.07 Å². The van der Waals surface area contributed by atoms with E-state index < -0.39 is 6.17 Å². The predicted octanol–water partition coefficient (Wildman–Crippen LogP) is 0.867. The number of aromatic nitrogens is 3. The average molecular weight is 415 g/mol. The number of nitrogens with two attached hydrogens (primary N) is 1. The molecule has 0 aliphatic carbocycles. The van der Waals surface area contributed by atoms with Crippen molar-refractivity contribution in [1.82, 2.24) is 30.9 Å². The first-order valence-electron chi connectivity index (χ1n) is 10.8. The highest BCUT2D eigenvalue weighted by Gasteiger charge is 2.42. The first kappa shape index (κ1) is 19.9. The number of fused-ring (bicyclic) bond motifs is 1. The molecule has 30 heavy (non-hydrogen) atoms. The number of hydrazine groups is 1. The number of nitrogens with one attached hydrogen (secondary N) is 3. The summed E-state index contributed by atoms with van der Waals surface area (Å²) in [6.07, 6.45) is 4.54. The summed E-state index contributed by atoms with van der Waals surface area (Å²) in [5, 5.41) is 7.96. The van der Waals surface area contributed by atoms with Gasteiger partial charge in [0.15, 0.2) is 0 Å². The Hall–Kier alpha value is -2.07. The fourth-order valence-electron chi connectivity index (χ4n) is 5.21. The van der Waals surface area contributed by atoms with E-state index >= 15 is 0 Å². The number of aryl methyl sites for hydroxylation is 2. The van der Waals surface area contributed by atoms with Crippen molar-refractivity contribution in [3.63, 3.8) is 0 Å². The van der Waals surface area contributed by atoms with E-state index in [0.717, 1.165) is 30.0 Å². The molecule has 3 aliphatic heterocycles. The molecule has 162 valence electrons. The lowest BCUT2D eigenvalue weighted by Crippen LogP contribution is -2.48. The average Bonchev–Trinajstić information content (AvgIpc) is 3.33. The first-order valence-corrected chi connectivity index (χ1v) is 10.8. The third kappa shape index (κ3) is 3.71. The van der Waals surface area contributed by atoms with Gasteiger partial charge < -0.3 is 16.0 Å². The lowest BCUT2D eigenvalue weighted by atomic mass is 9.82. The van der Waals surface area contributed by atoms with E-state index in [1.54, 1.807) is 0 Å². The second-order valence-corrected chi connectivity index (χ2v) is 9.06. The summed E-state index contributed by atoms with van der Waals surface area (Å²) in [7, 11) is 1.95. The van der Waals surface area contributed by atoms with E-state index in [9.17, 15) is 4.39 Å².